The Hall–Kier alpha value is -3.04. The minimum absolute atomic E-state index is 0.308. The number of aryl methyl sites for hydroxylation is 2. The number of nitrogens with zero attached hydrogens (tertiary/aromatic N) is 1. The molecule has 31 heavy (non-hydrogen) atoms. The topological polar surface area (TPSA) is 89.6 Å². The molecule has 3 aromatic rings. The molecule has 0 saturated heterocycles. The first-order chi connectivity index (χ1) is 15.2. The van der Waals surface area contributed by atoms with Gasteiger partial charge in [-0.3, -0.25) is 20.4 Å². The van der Waals surface area contributed by atoms with E-state index in [1.54, 1.807) is 18.3 Å². The van der Waals surface area contributed by atoms with Crippen LogP contribution in [0.4, 0.5) is 0 Å². The second-order valence-corrected chi connectivity index (χ2v) is 9.28. The van der Waals surface area contributed by atoms with E-state index in [4.69, 9.17) is 9.47 Å². The van der Waals surface area contributed by atoms with Gasteiger partial charge in [-0.2, -0.15) is 0 Å². The summed E-state index contributed by atoms with van der Waals surface area (Å²) in [7, 11) is 0. The molecule has 0 saturated carbocycles. The molecular formula is C22H19N3O4S2. The highest BCUT2D eigenvalue weighted by molar-refractivity contribution is 7.99. The van der Waals surface area contributed by atoms with Crippen LogP contribution in [0.3, 0.4) is 0 Å². The van der Waals surface area contributed by atoms with Gasteiger partial charge < -0.3 is 9.47 Å². The maximum atomic E-state index is 12.7. The molecule has 2 aromatic heterocycles. The molecule has 158 valence electrons. The van der Waals surface area contributed by atoms with E-state index in [0.717, 1.165) is 24.2 Å². The minimum atomic E-state index is -0.425. The average Bonchev–Trinajstić information content (AvgIpc) is 3.40. The monoisotopic (exact) mass is 453 g/mol. The predicted molar refractivity (Wildman–Crippen MR) is 117 cm³/mol. The summed E-state index contributed by atoms with van der Waals surface area (Å²) in [4.78, 5) is 32.3. The van der Waals surface area contributed by atoms with E-state index in [1.807, 2.05) is 24.3 Å². The number of pyridine rings is 1. The number of benzene rings is 1. The normalized spacial score (nSPS) is 14.1. The third-order valence-electron chi connectivity index (χ3n) is 5.00. The van der Waals surface area contributed by atoms with Gasteiger partial charge in [-0.15, -0.1) is 11.3 Å². The van der Waals surface area contributed by atoms with Crippen molar-refractivity contribution in [3.63, 3.8) is 0 Å². The number of nitrogens with one attached hydrogen (secondary N) is 2. The fraction of sp³-hybridized carbons (Fsp3) is 0.227. The van der Waals surface area contributed by atoms with Gasteiger partial charge in [0.25, 0.3) is 11.8 Å². The van der Waals surface area contributed by atoms with Crippen molar-refractivity contribution in [3.8, 4) is 11.5 Å². The van der Waals surface area contributed by atoms with Gasteiger partial charge in [0.1, 0.15) is 18.2 Å². The van der Waals surface area contributed by atoms with Crippen molar-refractivity contribution in [2.75, 3.05) is 13.2 Å². The molecule has 1 aliphatic carbocycles. The summed E-state index contributed by atoms with van der Waals surface area (Å²) in [6.45, 7) is 1.04. The van der Waals surface area contributed by atoms with Gasteiger partial charge in [-0.1, -0.05) is 11.8 Å². The standard InChI is InChI=1S/C22H19N3O4S2/c26-20(24-25-21(27)19-11-13-3-1-5-18(13)31-19)15-4-2-8-23-22(15)30-14-6-7-16-17(12-14)29-10-9-28-16/h2,4,6-8,11-12H,1,3,5,9-10H2,(H,24,26)(H,25,27). The molecule has 0 bridgehead atoms. The lowest BCUT2D eigenvalue weighted by Gasteiger charge is -2.18. The molecule has 9 heteroatoms. The second-order valence-electron chi connectivity index (χ2n) is 7.08. The first kappa shape index (κ1) is 19.9. The van der Waals surface area contributed by atoms with Crippen LogP contribution in [-0.2, 0) is 12.8 Å². The Morgan fingerprint density at radius 1 is 1.00 bits per heavy atom. The van der Waals surface area contributed by atoms with Crippen molar-refractivity contribution in [1.29, 1.82) is 0 Å². The lowest BCUT2D eigenvalue weighted by Crippen LogP contribution is -2.41. The van der Waals surface area contributed by atoms with Gasteiger partial charge in [0.15, 0.2) is 11.5 Å². The van der Waals surface area contributed by atoms with E-state index >= 15 is 0 Å². The van der Waals surface area contributed by atoms with Crippen LogP contribution in [-0.4, -0.2) is 30.0 Å². The molecule has 1 aromatic carbocycles. The van der Waals surface area contributed by atoms with Gasteiger partial charge in [0.05, 0.1) is 10.4 Å². The van der Waals surface area contributed by atoms with Crippen LogP contribution in [0.5, 0.6) is 11.5 Å². The molecular weight excluding hydrogens is 434 g/mol. The molecule has 0 radical (unpaired) electrons. The van der Waals surface area contributed by atoms with Crippen molar-refractivity contribution in [1.82, 2.24) is 15.8 Å². The number of aromatic nitrogens is 1. The van der Waals surface area contributed by atoms with E-state index in [2.05, 4.69) is 15.8 Å². The van der Waals surface area contributed by atoms with E-state index in [9.17, 15) is 9.59 Å². The Balaban J connectivity index is 1.27. The maximum Gasteiger partial charge on any atom is 0.279 e. The van der Waals surface area contributed by atoms with Gasteiger partial charge in [0.2, 0.25) is 0 Å². The zero-order valence-electron chi connectivity index (χ0n) is 16.5. The van der Waals surface area contributed by atoms with Crippen LogP contribution in [0.2, 0.25) is 0 Å². The Morgan fingerprint density at radius 2 is 1.84 bits per heavy atom. The van der Waals surface area contributed by atoms with E-state index < -0.39 is 5.91 Å². The first-order valence-electron chi connectivity index (χ1n) is 9.92. The van der Waals surface area contributed by atoms with Gasteiger partial charge >= 0.3 is 0 Å². The lowest BCUT2D eigenvalue weighted by atomic mass is 10.2. The summed E-state index contributed by atoms with van der Waals surface area (Å²) in [5.41, 5.74) is 6.64. The van der Waals surface area contributed by atoms with Crippen molar-refractivity contribution in [2.45, 2.75) is 29.2 Å². The zero-order valence-corrected chi connectivity index (χ0v) is 18.1. The Morgan fingerprint density at radius 3 is 2.71 bits per heavy atom. The van der Waals surface area contributed by atoms with Crippen LogP contribution in [0, 0.1) is 0 Å². The van der Waals surface area contributed by atoms with Crippen LogP contribution in [0.15, 0.2) is 52.5 Å². The fourth-order valence-electron chi connectivity index (χ4n) is 3.53. The van der Waals surface area contributed by atoms with E-state index in [-0.39, 0.29) is 5.91 Å². The number of carbonyl (C=O) groups excluding carboxylic acids is 2. The maximum absolute atomic E-state index is 12.7. The highest BCUT2D eigenvalue weighted by Crippen LogP contribution is 2.37. The molecule has 2 aliphatic rings. The number of thiophene rings is 1. The smallest absolute Gasteiger partial charge is 0.279 e. The molecule has 7 nitrogen and oxygen atoms in total. The number of hydrazine groups is 1. The minimum Gasteiger partial charge on any atom is -0.486 e. The summed E-state index contributed by atoms with van der Waals surface area (Å²) in [6.07, 6.45) is 4.81. The van der Waals surface area contributed by atoms with Crippen LogP contribution < -0.4 is 20.3 Å². The van der Waals surface area contributed by atoms with E-state index in [0.29, 0.717) is 40.2 Å². The fourth-order valence-corrected chi connectivity index (χ4v) is 5.59. The van der Waals surface area contributed by atoms with Gasteiger partial charge in [-0.25, -0.2) is 4.98 Å². The molecule has 0 fully saturated rings. The molecule has 2 N–H and O–H groups in total. The van der Waals surface area contributed by atoms with Crippen molar-refractivity contribution in [2.24, 2.45) is 0 Å². The van der Waals surface area contributed by atoms with Crippen molar-refractivity contribution >= 4 is 34.9 Å². The largest absolute Gasteiger partial charge is 0.486 e. The number of rotatable bonds is 4. The van der Waals surface area contributed by atoms with Crippen LogP contribution in [0.25, 0.3) is 0 Å². The molecule has 3 heterocycles. The highest BCUT2D eigenvalue weighted by atomic mass is 32.2. The molecule has 0 atom stereocenters. The van der Waals surface area contributed by atoms with Crippen LogP contribution in [0.1, 0.15) is 36.9 Å². The zero-order chi connectivity index (χ0) is 21.2. The van der Waals surface area contributed by atoms with Crippen molar-refractivity contribution < 1.29 is 19.1 Å². The first-order valence-corrected chi connectivity index (χ1v) is 11.6. The summed E-state index contributed by atoms with van der Waals surface area (Å²) in [5, 5.41) is 0.529. The molecule has 0 spiro atoms. The average molecular weight is 454 g/mol. The number of fused-ring (bicyclic) bond motifs is 2. The number of carbonyl (C=O) groups is 2. The van der Waals surface area contributed by atoms with E-state index in [1.165, 1.54) is 33.5 Å². The lowest BCUT2D eigenvalue weighted by molar-refractivity contribution is 0.0847. The molecule has 0 unspecified atom stereocenters. The highest BCUT2D eigenvalue weighted by Gasteiger charge is 2.20. The third-order valence-corrected chi connectivity index (χ3v) is 7.25. The molecule has 2 amide bonds. The summed E-state index contributed by atoms with van der Waals surface area (Å²) in [5.74, 6) is 0.647. The number of amides is 2. The van der Waals surface area contributed by atoms with Crippen molar-refractivity contribution in [3.05, 3.63) is 63.5 Å². The quantitative estimate of drug-likeness (QED) is 0.587. The SMILES string of the molecule is O=C(NNC(=O)c1cccnc1Sc1ccc2c(c1)OCCO2)c1cc2c(s1)CCC2. The molecule has 5 rings (SSSR count). The Bertz CT molecular complexity index is 1140. The van der Waals surface area contributed by atoms with Gasteiger partial charge in [0, 0.05) is 16.0 Å². The second kappa shape index (κ2) is 8.60. The van der Waals surface area contributed by atoms with Crippen LogP contribution >= 0.6 is 23.1 Å². The Labute approximate surface area is 187 Å². The predicted octanol–water partition coefficient (Wildman–Crippen LogP) is 3.63. The summed E-state index contributed by atoms with van der Waals surface area (Å²) in [6, 6.07) is 10.9. The number of hydrogen-bond donors (Lipinski definition) is 2. The number of ether oxygens (including phenoxy) is 2. The number of hydrogen-bond acceptors (Lipinski definition) is 7. The summed E-state index contributed by atoms with van der Waals surface area (Å²) < 4.78 is 11.2. The third kappa shape index (κ3) is 4.24. The van der Waals surface area contributed by atoms with Gasteiger partial charge in [-0.05, 0) is 61.2 Å². The molecule has 1 aliphatic heterocycles. The Kier molecular flexibility index (Phi) is 5.52. The summed E-state index contributed by atoms with van der Waals surface area (Å²) >= 11 is 2.84.